The van der Waals surface area contributed by atoms with Crippen LogP contribution >= 0.6 is 0 Å². The molecule has 2 aliphatic rings. The Morgan fingerprint density at radius 1 is 0.784 bits per heavy atom. The number of piperidine rings is 1. The van der Waals surface area contributed by atoms with Gasteiger partial charge in [-0.25, -0.2) is 18.0 Å². The summed E-state index contributed by atoms with van der Waals surface area (Å²) in [6, 6.07) is 17.9. The Labute approximate surface area is 213 Å². The number of halogens is 3. The maximum Gasteiger partial charge on any atom is 0.326 e. The van der Waals surface area contributed by atoms with Crippen LogP contribution in [0.4, 0.5) is 13.2 Å². The zero-order valence-electron chi connectivity index (χ0n) is 20.3. The first-order chi connectivity index (χ1) is 17.9. The highest BCUT2D eigenvalue weighted by atomic mass is 19.1. The molecule has 6 rings (SSSR count). The van der Waals surface area contributed by atoms with E-state index >= 15 is 0 Å². The molecular weight excluding hydrogens is 475 g/mol. The summed E-state index contributed by atoms with van der Waals surface area (Å²) in [5.41, 5.74) is 2.61. The number of nitrogens with one attached hydrogen (secondary N) is 1. The van der Waals surface area contributed by atoms with Crippen molar-refractivity contribution in [3.63, 3.8) is 0 Å². The molecule has 1 fully saturated rings. The molecule has 1 aliphatic carbocycles. The van der Waals surface area contributed by atoms with Crippen LogP contribution in [-0.4, -0.2) is 33.6 Å². The number of imidazole rings is 1. The lowest BCUT2D eigenvalue weighted by Crippen LogP contribution is -2.44. The summed E-state index contributed by atoms with van der Waals surface area (Å²) in [6.45, 7) is 1.69. The highest BCUT2D eigenvalue weighted by Gasteiger charge is 2.37. The van der Waals surface area contributed by atoms with Gasteiger partial charge in [-0.2, -0.15) is 0 Å². The normalized spacial score (nSPS) is 20.5. The zero-order chi connectivity index (χ0) is 25.6. The first kappa shape index (κ1) is 23.8. The molecule has 1 atom stereocenters. The molecule has 0 amide bonds. The molecule has 1 aliphatic heterocycles. The van der Waals surface area contributed by atoms with Gasteiger partial charge in [-0.05, 0) is 79.3 Å². The molecule has 7 heteroatoms. The van der Waals surface area contributed by atoms with Crippen LogP contribution in [-0.2, 0) is 5.41 Å². The summed E-state index contributed by atoms with van der Waals surface area (Å²) < 4.78 is 42.8. The molecule has 0 bridgehead atoms. The van der Waals surface area contributed by atoms with E-state index in [0.29, 0.717) is 5.52 Å². The monoisotopic (exact) mass is 503 g/mol. The molecule has 37 heavy (non-hydrogen) atoms. The number of likely N-dealkylation sites (tertiary alicyclic amines) is 1. The van der Waals surface area contributed by atoms with Gasteiger partial charge < -0.3 is 4.98 Å². The summed E-state index contributed by atoms with van der Waals surface area (Å²) in [6.07, 6.45) is 7.82. The Kier molecular flexibility index (Phi) is 6.03. The van der Waals surface area contributed by atoms with Gasteiger partial charge in [0, 0.05) is 30.6 Å². The number of rotatable bonds is 4. The number of aromatic nitrogens is 2. The molecule has 0 radical (unpaired) electrons. The van der Waals surface area contributed by atoms with E-state index in [1.54, 1.807) is 10.6 Å². The average Bonchev–Trinajstić information content (AvgIpc) is 3.24. The lowest BCUT2D eigenvalue weighted by Gasteiger charge is -2.42. The molecule has 1 N–H and O–H groups in total. The van der Waals surface area contributed by atoms with Gasteiger partial charge >= 0.3 is 5.69 Å². The Hall–Kier alpha value is -3.58. The van der Waals surface area contributed by atoms with Crippen LogP contribution in [0, 0.1) is 17.5 Å². The minimum absolute atomic E-state index is 0.0630. The van der Waals surface area contributed by atoms with Crippen molar-refractivity contribution in [1.29, 1.82) is 0 Å². The first-order valence-corrected chi connectivity index (χ1v) is 12.8. The van der Waals surface area contributed by atoms with Crippen LogP contribution in [0.2, 0.25) is 0 Å². The molecule has 1 unspecified atom stereocenters. The van der Waals surface area contributed by atoms with Crippen molar-refractivity contribution < 1.29 is 13.2 Å². The van der Waals surface area contributed by atoms with Gasteiger partial charge in [-0.1, -0.05) is 36.4 Å². The summed E-state index contributed by atoms with van der Waals surface area (Å²) in [4.78, 5) is 17.9. The summed E-state index contributed by atoms with van der Waals surface area (Å²) in [5, 5.41) is 0. The van der Waals surface area contributed by atoms with Gasteiger partial charge in [-0.3, -0.25) is 9.47 Å². The SMILES string of the molecule is O=c1[nH]c2cc(F)ccc2n1C1CCN(C2C=CC(c3ccc(F)cc3)(c3ccc(F)cc3)CC2)CC1. The molecule has 1 saturated heterocycles. The van der Waals surface area contributed by atoms with Crippen molar-refractivity contribution in [2.75, 3.05) is 13.1 Å². The molecule has 0 saturated carbocycles. The van der Waals surface area contributed by atoms with Crippen LogP contribution in [0.1, 0.15) is 42.9 Å². The van der Waals surface area contributed by atoms with Gasteiger partial charge in [0.25, 0.3) is 0 Å². The topological polar surface area (TPSA) is 41.0 Å². The van der Waals surface area contributed by atoms with Gasteiger partial charge in [0.05, 0.1) is 11.0 Å². The van der Waals surface area contributed by atoms with Crippen LogP contribution in [0.15, 0.2) is 83.7 Å². The van der Waals surface area contributed by atoms with E-state index < -0.39 is 5.41 Å². The van der Waals surface area contributed by atoms with E-state index in [-0.39, 0.29) is 35.2 Å². The number of allylic oxidation sites excluding steroid dienone is 1. The van der Waals surface area contributed by atoms with E-state index in [2.05, 4.69) is 22.0 Å². The summed E-state index contributed by atoms with van der Waals surface area (Å²) in [7, 11) is 0. The van der Waals surface area contributed by atoms with E-state index in [9.17, 15) is 18.0 Å². The van der Waals surface area contributed by atoms with Crippen molar-refractivity contribution in [2.24, 2.45) is 0 Å². The maximum absolute atomic E-state index is 13.7. The third kappa shape index (κ3) is 4.31. The molecule has 2 heterocycles. The molecule has 4 aromatic rings. The molecule has 4 nitrogen and oxygen atoms in total. The predicted molar refractivity (Wildman–Crippen MR) is 138 cm³/mol. The van der Waals surface area contributed by atoms with Gasteiger partial charge in [0.2, 0.25) is 0 Å². The smallest absolute Gasteiger partial charge is 0.305 e. The Morgan fingerprint density at radius 3 is 1.95 bits per heavy atom. The fourth-order valence-corrected chi connectivity index (χ4v) is 6.22. The fourth-order valence-electron chi connectivity index (χ4n) is 6.22. The second-order valence-electron chi connectivity index (χ2n) is 10.2. The van der Waals surface area contributed by atoms with Crippen molar-refractivity contribution >= 4 is 11.0 Å². The van der Waals surface area contributed by atoms with Gasteiger partial charge in [-0.15, -0.1) is 0 Å². The number of fused-ring (bicyclic) bond motifs is 1. The van der Waals surface area contributed by atoms with Crippen molar-refractivity contribution in [3.8, 4) is 0 Å². The minimum atomic E-state index is -0.442. The standard InChI is InChI=1S/C30H28F3N3O/c31-22-5-1-20(2-6-22)30(21-3-7-23(32)8-4-21)15-11-25(12-16-30)35-17-13-26(14-18-35)36-28-10-9-24(33)19-27(28)34-29(36)37/h1-11,15,19,25-26H,12-14,16-18H2,(H,34,37). The summed E-state index contributed by atoms with van der Waals surface area (Å²) in [5.74, 6) is -0.923. The van der Waals surface area contributed by atoms with Crippen LogP contribution in [0.3, 0.4) is 0 Å². The summed E-state index contributed by atoms with van der Waals surface area (Å²) >= 11 is 0. The lowest BCUT2D eigenvalue weighted by atomic mass is 9.68. The molecule has 1 aromatic heterocycles. The average molecular weight is 504 g/mol. The fraction of sp³-hybridized carbons (Fsp3) is 0.300. The highest BCUT2D eigenvalue weighted by Crippen LogP contribution is 2.42. The van der Waals surface area contributed by atoms with E-state index in [1.807, 2.05) is 24.3 Å². The Balaban J connectivity index is 1.22. The largest absolute Gasteiger partial charge is 0.326 e. The van der Waals surface area contributed by atoms with Crippen LogP contribution in [0.25, 0.3) is 11.0 Å². The highest BCUT2D eigenvalue weighted by molar-refractivity contribution is 5.75. The maximum atomic E-state index is 13.7. The second kappa shape index (κ2) is 9.38. The third-order valence-corrected chi connectivity index (χ3v) is 8.17. The number of aromatic amines is 1. The van der Waals surface area contributed by atoms with Gasteiger partial charge in [0.15, 0.2) is 0 Å². The number of H-pyrrole nitrogens is 1. The molecule has 3 aromatic carbocycles. The Morgan fingerprint density at radius 2 is 1.38 bits per heavy atom. The van der Waals surface area contributed by atoms with Crippen molar-refractivity contribution in [1.82, 2.24) is 14.5 Å². The third-order valence-electron chi connectivity index (χ3n) is 8.17. The molecule has 0 spiro atoms. The van der Waals surface area contributed by atoms with Gasteiger partial charge in [0.1, 0.15) is 17.5 Å². The van der Waals surface area contributed by atoms with E-state index in [0.717, 1.165) is 55.4 Å². The number of nitrogens with zero attached hydrogens (tertiary/aromatic N) is 2. The number of hydrogen-bond donors (Lipinski definition) is 1. The zero-order valence-corrected chi connectivity index (χ0v) is 20.3. The van der Waals surface area contributed by atoms with Crippen molar-refractivity contribution in [3.05, 3.63) is 118 Å². The van der Waals surface area contributed by atoms with Crippen LogP contribution in [0.5, 0.6) is 0 Å². The predicted octanol–water partition coefficient (Wildman–Crippen LogP) is 6.09. The van der Waals surface area contributed by atoms with E-state index in [4.69, 9.17) is 0 Å². The lowest BCUT2D eigenvalue weighted by molar-refractivity contribution is 0.144. The Bertz CT molecular complexity index is 1450. The number of hydrogen-bond acceptors (Lipinski definition) is 2. The van der Waals surface area contributed by atoms with Crippen LogP contribution < -0.4 is 5.69 Å². The second-order valence-corrected chi connectivity index (χ2v) is 10.2. The van der Waals surface area contributed by atoms with Crippen molar-refractivity contribution in [2.45, 2.75) is 43.2 Å². The first-order valence-electron chi connectivity index (χ1n) is 12.8. The quantitative estimate of drug-likeness (QED) is 0.343. The molecular formula is C30H28F3N3O. The number of benzene rings is 3. The molecule has 190 valence electrons. The van der Waals surface area contributed by atoms with E-state index in [1.165, 1.54) is 36.4 Å². The minimum Gasteiger partial charge on any atom is -0.305 e.